The number of hydrogen-bond donors (Lipinski definition) is 3. The zero-order chi connectivity index (χ0) is 12.3. The van der Waals surface area contributed by atoms with Crippen molar-refractivity contribution in [1.82, 2.24) is 10.3 Å². The van der Waals surface area contributed by atoms with Crippen LogP contribution in [0.25, 0.3) is 0 Å². The van der Waals surface area contributed by atoms with Gasteiger partial charge in [0, 0.05) is 11.9 Å². The van der Waals surface area contributed by atoms with E-state index in [2.05, 4.69) is 10.3 Å². The third kappa shape index (κ3) is 3.02. The maximum absolute atomic E-state index is 11.9. The first-order valence-electron chi connectivity index (χ1n) is 5.84. The molecule has 1 aliphatic rings. The Hall–Kier alpha value is -0.980. The Labute approximate surface area is 104 Å². The van der Waals surface area contributed by atoms with Gasteiger partial charge in [-0.15, -0.1) is 11.3 Å². The molecule has 0 unspecified atom stereocenters. The number of hydrogen-bond acceptors (Lipinski definition) is 5. The van der Waals surface area contributed by atoms with E-state index in [0.717, 1.165) is 30.7 Å². The van der Waals surface area contributed by atoms with E-state index in [1.54, 1.807) is 5.38 Å². The predicted octanol–water partition coefficient (Wildman–Crippen LogP) is 0.635. The van der Waals surface area contributed by atoms with Gasteiger partial charge in [-0.05, 0) is 12.8 Å². The van der Waals surface area contributed by atoms with Crippen LogP contribution in [0.1, 0.15) is 41.2 Å². The van der Waals surface area contributed by atoms with Crippen molar-refractivity contribution in [2.75, 3.05) is 0 Å². The molecule has 1 aliphatic carbocycles. The van der Waals surface area contributed by atoms with Crippen LogP contribution in [0.2, 0.25) is 0 Å². The number of nitrogens with one attached hydrogen (secondary N) is 1. The number of aliphatic hydroxyl groups excluding tert-OH is 1. The molecule has 5 nitrogen and oxygen atoms in total. The fourth-order valence-corrected chi connectivity index (χ4v) is 2.69. The van der Waals surface area contributed by atoms with Gasteiger partial charge in [-0.25, -0.2) is 4.98 Å². The SMILES string of the molecule is NCc1nc(C(=O)N[C@H]2CCCC[C@@H]2O)cs1. The molecule has 0 radical (unpaired) electrons. The number of aliphatic hydroxyl groups is 1. The second-order valence-corrected chi connectivity index (χ2v) is 5.21. The van der Waals surface area contributed by atoms with Crippen molar-refractivity contribution in [3.05, 3.63) is 16.1 Å². The Bertz CT molecular complexity index is 394. The number of nitrogens with zero attached hydrogens (tertiary/aromatic N) is 1. The summed E-state index contributed by atoms with van der Waals surface area (Å²) in [5, 5.41) is 15.1. The van der Waals surface area contributed by atoms with Crippen molar-refractivity contribution in [1.29, 1.82) is 0 Å². The minimum atomic E-state index is -0.430. The minimum absolute atomic E-state index is 0.140. The zero-order valence-corrected chi connectivity index (χ0v) is 10.4. The number of aromatic nitrogens is 1. The van der Waals surface area contributed by atoms with Crippen LogP contribution in [-0.4, -0.2) is 28.1 Å². The Morgan fingerprint density at radius 3 is 3.00 bits per heavy atom. The number of thiazole rings is 1. The van der Waals surface area contributed by atoms with E-state index >= 15 is 0 Å². The Morgan fingerprint density at radius 2 is 2.35 bits per heavy atom. The number of carbonyl (C=O) groups excluding carboxylic acids is 1. The third-order valence-electron chi connectivity index (χ3n) is 3.00. The van der Waals surface area contributed by atoms with Gasteiger partial charge >= 0.3 is 0 Å². The quantitative estimate of drug-likeness (QED) is 0.739. The molecule has 0 aliphatic heterocycles. The van der Waals surface area contributed by atoms with Gasteiger partial charge in [-0.3, -0.25) is 4.79 Å². The largest absolute Gasteiger partial charge is 0.391 e. The van der Waals surface area contributed by atoms with Gasteiger partial charge in [-0.2, -0.15) is 0 Å². The van der Waals surface area contributed by atoms with Crippen LogP contribution >= 0.6 is 11.3 Å². The van der Waals surface area contributed by atoms with E-state index in [0.29, 0.717) is 12.2 Å². The van der Waals surface area contributed by atoms with Gasteiger partial charge in [0.25, 0.3) is 5.91 Å². The standard InChI is InChI=1S/C11H17N3O2S/c12-5-10-13-8(6-17-10)11(16)14-7-3-1-2-4-9(7)15/h6-7,9,15H,1-5,12H2,(H,14,16)/t7-,9-/m0/s1. The van der Waals surface area contributed by atoms with Gasteiger partial charge < -0.3 is 16.2 Å². The lowest BCUT2D eigenvalue weighted by molar-refractivity contribution is 0.0714. The highest BCUT2D eigenvalue weighted by Crippen LogP contribution is 2.19. The number of carbonyl (C=O) groups is 1. The van der Waals surface area contributed by atoms with Crippen LogP contribution < -0.4 is 11.1 Å². The summed E-state index contributed by atoms with van der Waals surface area (Å²) >= 11 is 1.38. The van der Waals surface area contributed by atoms with Gasteiger partial charge in [0.15, 0.2) is 0 Å². The molecule has 1 aromatic heterocycles. The van der Waals surface area contributed by atoms with E-state index in [-0.39, 0.29) is 11.9 Å². The summed E-state index contributed by atoms with van der Waals surface area (Å²) in [4.78, 5) is 16.0. The average molecular weight is 255 g/mol. The third-order valence-corrected chi connectivity index (χ3v) is 3.88. The molecule has 0 spiro atoms. The zero-order valence-electron chi connectivity index (χ0n) is 9.56. The first-order valence-corrected chi connectivity index (χ1v) is 6.72. The second kappa shape index (κ2) is 5.57. The maximum atomic E-state index is 11.9. The van der Waals surface area contributed by atoms with Gasteiger partial charge in [0.2, 0.25) is 0 Å². The monoisotopic (exact) mass is 255 g/mol. The highest BCUT2D eigenvalue weighted by atomic mass is 32.1. The van der Waals surface area contributed by atoms with Gasteiger partial charge in [0.1, 0.15) is 10.7 Å². The lowest BCUT2D eigenvalue weighted by Crippen LogP contribution is -2.45. The fourth-order valence-electron chi connectivity index (χ4n) is 2.03. The normalized spacial score (nSPS) is 24.6. The Morgan fingerprint density at radius 1 is 1.59 bits per heavy atom. The van der Waals surface area contributed by atoms with Crippen molar-refractivity contribution in [3.8, 4) is 0 Å². The molecule has 1 amide bonds. The summed E-state index contributed by atoms with van der Waals surface area (Å²) < 4.78 is 0. The number of nitrogens with two attached hydrogens (primary N) is 1. The predicted molar refractivity (Wildman–Crippen MR) is 65.7 cm³/mol. The van der Waals surface area contributed by atoms with Crippen LogP contribution in [0.15, 0.2) is 5.38 Å². The van der Waals surface area contributed by atoms with Crippen LogP contribution in [-0.2, 0) is 6.54 Å². The van der Waals surface area contributed by atoms with Gasteiger partial charge in [0.05, 0.1) is 12.1 Å². The number of amides is 1. The summed E-state index contributed by atoms with van der Waals surface area (Å²) in [6, 6.07) is -0.140. The summed E-state index contributed by atoms with van der Waals surface area (Å²) in [5.74, 6) is -0.216. The molecule has 2 atom stereocenters. The van der Waals surface area contributed by atoms with E-state index in [9.17, 15) is 9.90 Å². The van der Waals surface area contributed by atoms with Crippen LogP contribution in [0.3, 0.4) is 0 Å². The molecule has 94 valence electrons. The average Bonchev–Trinajstić information content (AvgIpc) is 2.81. The topological polar surface area (TPSA) is 88.2 Å². The molecule has 0 bridgehead atoms. The molecular weight excluding hydrogens is 238 g/mol. The first-order chi connectivity index (χ1) is 8.20. The molecule has 1 saturated carbocycles. The first kappa shape index (κ1) is 12.5. The van der Waals surface area contributed by atoms with E-state index < -0.39 is 6.10 Å². The molecule has 17 heavy (non-hydrogen) atoms. The summed E-state index contributed by atoms with van der Waals surface area (Å²) in [5.41, 5.74) is 5.84. The second-order valence-electron chi connectivity index (χ2n) is 4.26. The lowest BCUT2D eigenvalue weighted by Gasteiger charge is -2.27. The lowest BCUT2D eigenvalue weighted by atomic mass is 9.92. The van der Waals surface area contributed by atoms with E-state index in [1.807, 2.05) is 0 Å². The summed E-state index contributed by atoms with van der Waals surface area (Å²) in [7, 11) is 0. The number of rotatable bonds is 3. The van der Waals surface area contributed by atoms with Gasteiger partial charge in [-0.1, -0.05) is 12.8 Å². The maximum Gasteiger partial charge on any atom is 0.271 e. The van der Waals surface area contributed by atoms with Crippen molar-refractivity contribution < 1.29 is 9.90 Å². The highest BCUT2D eigenvalue weighted by Gasteiger charge is 2.25. The molecule has 4 N–H and O–H groups in total. The van der Waals surface area contributed by atoms with Crippen molar-refractivity contribution >= 4 is 17.2 Å². The minimum Gasteiger partial charge on any atom is -0.391 e. The van der Waals surface area contributed by atoms with Crippen LogP contribution in [0.5, 0.6) is 0 Å². The van der Waals surface area contributed by atoms with Crippen molar-refractivity contribution in [3.63, 3.8) is 0 Å². The molecule has 6 heteroatoms. The van der Waals surface area contributed by atoms with Crippen LogP contribution in [0.4, 0.5) is 0 Å². The molecule has 0 aromatic carbocycles. The molecule has 2 rings (SSSR count). The Kier molecular flexibility index (Phi) is 4.09. The molecule has 1 fully saturated rings. The van der Waals surface area contributed by atoms with E-state index in [4.69, 9.17) is 5.73 Å². The van der Waals surface area contributed by atoms with Crippen molar-refractivity contribution in [2.24, 2.45) is 5.73 Å². The summed E-state index contributed by atoms with van der Waals surface area (Å²) in [6.45, 7) is 0.351. The highest BCUT2D eigenvalue weighted by molar-refractivity contribution is 7.09. The molecular formula is C11H17N3O2S. The van der Waals surface area contributed by atoms with Crippen LogP contribution in [0, 0.1) is 0 Å². The summed E-state index contributed by atoms with van der Waals surface area (Å²) in [6.07, 6.45) is 3.24. The molecule has 1 aromatic rings. The smallest absolute Gasteiger partial charge is 0.271 e. The Balaban J connectivity index is 1.96. The molecule has 1 heterocycles. The van der Waals surface area contributed by atoms with Crippen molar-refractivity contribution in [2.45, 2.75) is 44.4 Å². The molecule has 0 saturated heterocycles. The fraction of sp³-hybridized carbons (Fsp3) is 0.636. The van der Waals surface area contributed by atoms with E-state index in [1.165, 1.54) is 11.3 Å².